The highest BCUT2D eigenvalue weighted by Gasteiger charge is 2.15. The largest absolute Gasteiger partial charge is 0.379 e. The fourth-order valence-corrected chi connectivity index (χ4v) is 1.01. The fraction of sp³-hybridized carbons (Fsp3) is 1.00. The molecule has 0 aromatic carbocycles. The van der Waals surface area contributed by atoms with Gasteiger partial charge in [0.15, 0.2) is 0 Å². The summed E-state index contributed by atoms with van der Waals surface area (Å²) in [7, 11) is 0. The molecule has 0 aromatic heterocycles. The number of nitrogens with one attached hydrogen (secondary N) is 1. The van der Waals surface area contributed by atoms with Crippen LogP contribution >= 0.6 is 17.0 Å². The van der Waals surface area contributed by atoms with Crippen LogP contribution < -0.4 is 5.32 Å². The Morgan fingerprint density at radius 1 is 1.50 bits per heavy atom. The Kier molecular flexibility index (Phi) is 5.31. The van der Waals surface area contributed by atoms with Crippen LogP contribution in [-0.4, -0.2) is 25.8 Å². The lowest BCUT2D eigenvalue weighted by Crippen LogP contribution is -2.44. The van der Waals surface area contributed by atoms with E-state index < -0.39 is 0 Å². The van der Waals surface area contributed by atoms with E-state index in [1.165, 1.54) is 0 Å². The quantitative estimate of drug-likeness (QED) is 0.702. The number of morpholine rings is 1. The van der Waals surface area contributed by atoms with Crippen LogP contribution in [0.4, 0.5) is 0 Å². The smallest absolute Gasteiger partial charge is 0.0622 e. The molecule has 0 aromatic rings. The van der Waals surface area contributed by atoms with E-state index in [-0.39, 0.29) is 17.0 Å². The highest BCUT2D eigenvalue weighted by molar-refractivity contribution is 8.93. The SMILES string of the molecule is Br.CC(C)C1COCCN1. The predicted molar refractivity (Wildman–Crippen MR) is 47.8 cm³/mol. The molecule has 1 aliphatic heterocycles. The minimum Gasteiger partial charge on any atom is -0.379 e. The van der Waals surface area contributed by atoms with E-state index >= 15 is 0 Å². The molecule has 1 N–H and O–H groups in total. The Hall–Kier alpha value is 0.400. The van der Waals surface area contributed by atoms with Crippen LogP contribution in [0.25, 0.3) is 0 Å². The molecule has 1 saturated heterocycles. The van der Waals surface area contributed by atoms with Crippen molar-refractivity contribution in [3.8, 4) is 0 Å². The molecule has 0 bridgehead atoms. The molecule has 10 heavy (non-hydrogen) atoms. The van der Waals surface area contributed by atoms with Crippen LogP contribution in [0.15, 0.2) is 0 Å². The Morgan fingerprint density at radius 3 is 2.50 bits per heavy atom. The molecule has 1 heterocycles. The normalized spacial score (nSPS) is 26.1. The van der Waals surface area contributed by atoms with Crippen molar-refractivity contribution in [1.29, 1.82) is 0 Å². The van der Waals surface area contributed by atoms with Gasteiger partial charge in [-0.15, -0.1) is 17.0 Å². The maximum Gasteiger partial charge on any atom is 0.0622 e. The number of ether oxygens (including phenoxy) is 1. The van der Waals surface area contributed by atoms with E-state index in [0.29, 0.717) is 12.0 Å². The van der Waals surface area contributed by atoms with E-state index in [1.54, 1.807) is 0 Å². The van der Waals surface area contributed by atoms with Gasteiger partial charge in [0.2, 0.25) is 0 Å². The molecular formula is C7H16BrNO. The molecule has 1 rings (SSSR count). The van der Waals surface area contributed by atoms with Crippen LogP contribution in [0.5, 0.6) is 0 Å². The van der Waals surface area contributed by atoms with E-state index in [9.17, 15) is 0 Å². The maximum atomic E-state index is 5.28. The molecule has 0 radical (unpaired) electrons. The van der Waals surface area contributed by atoms with Gasteiger partial charge in [-0.25, -0.2) is 0 Å². The summed E-state index contributed by atoms with van der Waals surface area (Å²) >= 11 is 0. The minimum absolute atomic E-state index is 0. The molecule has 1 aliphatic rings. The highest BCUT2D eigenvalue weighted by atomic mass is 79.9. The first kappa shape index (κ1) is 10.4. The van der Waals surface area contributed by atoms with Gasteiger partial charge in [-0.3, -0.25) is 0 Å². The first-order chi connectivity index (χ1) is 4.30. The summed E-state index contributed by atoms with van der Waals surface area (Å²) < 4.78 is 5.28. The molecule has 2 nitrogen and oxygen atoms in total. The average molecular weight is 210 g/mol. The molecule has 1 unspecified atom stereocenters. The van der Waals surface area contributed by atoms with Crippen LogP contribution in [0.1, 0.15) is 13.8 Å². The lowest BCUT2D eigenvalue weighted by Gasteiger charge is -2.26. The number of halogens is 1. The average Bonchev–Trinajstić information content (AvgIpc) is 1.90. The molecule has 0 aliphatic carbocycles. The van der Waals surface area contributed by atoms with Crippen molar-refractivity contribution in [2.75, 3.05) is 19.8 Å². The first-order valence-electron chi connectivity index (χ1n) is 3.62. The third kappa shape index (κ3) is 2.99. The second-order valence-electron chi connectivity index (χ2n) is 2.88. The van der Waals surface area contributed by atoms with E-state index in [2.05, 4.69) is 19.2 Å². The van der Waals surface area contributed by atoms with Gasteiger partial charge >= 0.3 is 0 Å². The number of hydrogen-bond acceptors (Lipinski definition) is 2. The van der Waals surface area contributed by atoms with Crippen LogP contribution in [0.3, 0.4) is 0 Å². The van der Waals surface area contributed by atoms with Gasteiger partial charge in [0.1, 0.15) is 0 Å². The minimum atomic E-state index is 0. The Balaban J connectivity index is 0.000000810. The second-order valence-corrected chi connectivity index (χ2v) is 2.88. The zero-order valence-electron chi connectivity index (χ0n) is 6.59. The topological polar surface area (TPSA) is 21.3 Å². The summed E-state index contributed by atoms with van der Waals surface area (Å²) in [5.41, 5.74) is 0. The number of hydrogen-bond donors (Lipinski definition) is 1. The molecule has 0 spiro atoms. The van der Waals surface area contributed by atoms with Gasteiger partial charge in [-0.1, -0.05) is 13.8 Å². The van der Waals surface area contributed by atoms with Crippen molar-refractivity contribution in [3.63, 3.8) is 0 Å². The molecule has 1 fully saturated rings. The molecule has 3 heteroatoms. The van der Waals surface area contributed by atoms with Gasteiger partial charge in [0.25, 0.3) is 0 Å². The van der Waals surface area contributed by atoms with Gasteiger partial charge in [-0.2, -0.15) is 0 Å². The summed E-state index contributed by atoms with van der Waals surface area (Å²) in [5, 5.41) is 3.39. The second kappa shape index (κ2) is 5.10. The van der Waals surface area contributed by atoms with Gasteiger partial charge in [0.05, 0.1) is 13.2 Å². The third-order valence-electron chi connectivity index (χ3n) is 1.76. The van der Waals surface area contributed by atoms with Crippen molar-refractivity contribution in [2.45, 2.75) is 19.9 Å². The Labute approximate surface area is 73.1 Å². The van der Waals surface area contributed by atoms with Crippen molar-refractivity contribution < 1.29 is 4.74 Å². The van der Waals surface area contributed by atoms with Gasteiger partial charge < -0.3 is 10.1 Å². The lowest BCUT2D eigenvalue weighted by atomic mass is 10.1. The third-order valence-corrected chi connectivity index (χ3v) is 1.76. The van der Waals surface area contributed by atoms with Crippen molar-refractivity contribution in [3.05, 3.63) is 0 Å². The van der Waals surface area contributed by atoms with Crippen molar-refractivity contribution in [1.82, 2.24) is 5.32 Å². The van der Waals surface area contributed by atoms with E-state index in [4.69, 9.17) is 4.74 Å². The van der Waals surface area contributed by atoms with Crippen molar-refractivity contribution >= 4 is 17.0 Å². The van der Waals surface area contributed by atoms with Crippen LogP contribution in [-0.2, 0) is 4.74 Å². The standard InChI is InChI=1S/C7H15NO.BrH/c1-6(2)7-5-9-4-3-8-7;/h6-8H,3-5H2,1-2H3;1H. The Morgan fingerprint density at radius 2 is 2.20 bits per heavy atom. The Bertz CT molecular complexity index is 81.7. The lowest BCUT2D eigenvalue weighted by molar-refractivity contribution is 0.0623. The first-order valence-corrected chi connectivity index (χ1v) is 3.62. The monoisotopic (exact) mass is 209 g/mol. The van der Waals surface area contributed by atoms with E-state index in [1.807, 2.05) is 0 Å². The molecule has 1 atom stereocenters. The van der Waals surface area contributed by atoms with Gasteiger partial charge in [0, 0.05) is 12.6 Å². The van der Waals surface area contributed by atoms with Crippen LogP contribution in [0, 0.1) is 5.92 Å². The molecule has 62 valence electrons. The van der Waals surface area contributed by atoms with E-state index in [0.717, 1.165) is 19.8 Å². The fourth-order valence-electron chi connectivity index (χ4n) is 1.01. The van der Waals surface area contributed by atoms with Crippen LogP contribution in [0.2, 0.25) is 0 Å². The summed E-state index contributed by atoms with van der Waals surface area (Å²) in [5.74, 6) is 0.699. The van der Waals surface area contributed by atoms with Gasteiger partial charge in [-0.05, 0) is 5.92 Å². The number of rotatable bonds is 1. The molecular weight excluding hydrogens is 194 g/mol. The molecule has 0 saturated carbocycles. The zero-order chi connectivity index (χ0) is 6.69. The zero-order valence-corrected chi connectivity index (χ0v) is 8.31. The van der Waals surface area contributed by atoms with Crippen molar-refractivity contribution in [2.24, 2.45) is 5.92 Å². The summed E-state index contributed by atoms with van der Waals surface area (Å²) in [6.07, 6.45) is 0. The summed E-state index contributed by atoms with van der Waals surface area (Å²) in [4.78, 5) is 0. The molecule has 0 amide bonds. The predicted octanol–water partition coefficient (Wildman–Crippen LogP) is 1.21. The maximum absolute atomic E-state index is 5.28. The summed E-state index contributed by atoms with van der Waals surface area (Å²) in [6, 6.07) is 0.582. The highest BCUT2D eigenvalue weighted by Crippen LogP contribution is 2.04. The summed E-state index contributed by atoms with van der Waals surface area (Å²) in [6.45, 7) is 7.21.